The Morgan fingerprint density at radius 3 is 3.05 bits per heavy atom. The van der Waals surface area contributed by atoms with Crippen molar-refractivity contribution in [2.24, 2.45) is 0 Å². The van der Waals surface area contributed by atoms with Crippen molar-refractivity contribution in [3.05, 3.63) is 35.5 Å². The first kappa shape index (κ1) is 11.5. The fraction of sp³-hybridized carbons (Fsp3) is 0.500. The quantitative estimate of drug-likeness (QED) is 0.760. The molecule has 0 aliphatic carbocycles. The van der Waals surface area contributed by atoms with Gasteiger partial charge in [-0.3, -0.25) is 4.90 Å². The van der Waals surface area contributed by atoms with E-state index in [2.05, 4.69) is 34.1 Å². The van der Waals surface area contributed by atoms with Crippen molar-refractivity contribution in [3.63, 3.8) is 0 Å². The van der Waals surface area contributed by atoms with Gasteiger partial charge in [0.2, 0.25) is 0 Å². The molecule has 2 aromatic rings. The molecule has 0 bridgehead atoms. The van der Waals surface area contributed by atoms with Gasteiger partial charge in [-0.2, -0.15) is 0 Å². The summed E-state index contributed by atoms with van der Waals surface area (Å²) >= 11 is 0. The van der Waals surface area contributed by atoms with E-state index in [4.69, 9.17) is 0 Å². The molecule has 2 unspecified atom stereocenters. The Bertz CT molecular complexity index is 629. The molecule has 1 fully saturated rings. The topological polar surface area (TPSA) is 39.3 Å². The van der Waals surface area contributed by atoms with Crippen molar-refractivity contribution in [1.82, 2.24) is 9.88 Å². The zero-order valence-corrected chi connectivity index (χ0v) is 11.3. The number of aromatic amines is 1. The zero-order valence-electron chi connectivity index (χ0n) is 11.3. The molecule has 1 aromatic carbocycles. The van der Waals surface area contributed by atoms with Gasteiger partial charge in [0, 0.05) is 29.7 Å². The fourth-order valence-corrected chi connectivity index (χ4v) is 3.77. The molecule has 0 amide bonds. The van der Waals surface area contributed by atoms with Gasteiger partial charge in [-0.25, -0.2) is 0 Å². The Kier molecular flexibility index (Phi) is 2.32. The highest BCUT2D eigenvalue weighted by Crippen LogP contribution is 2.42. The highest BCUT2D eigenvalue weighted by Gasteiger charge is 2.39. The number of hydrogen-bond donors (Lipinski definition) is 2. The van der Waals surface area contributed by atoms with Gasteiger partial charge in [-0.15, -0.1) is 0 Å². The standard InChI is InChI=1S/C16H20N2O/c1-16(19)7-9-18-8-6-12-11-4-2-3-5-13(11)17-15(12)14(18)10-16/h2-5,14,17,19H,6-10H2,1H3. The van der Waals surface area contributed by atoms with Crippen LogP contribution in [0.15, 0.2) is 24.3 Å². The summed E-state index contributed by atoms with van der Waals surface area (Å²) in [5.41, 5.74) is 3.52. The van der Waals surface area contributed by atoms with Gasteiger partial charge in [0.05, 0.1) is 11.6 Å². The monoisotopic (exact) mass is 256 g/mol. The molecule has 3 heterocycles. The van der Waals surface area contributed by atoms with Gasteiger partial charge in [0.1, 0.15) is 0 Å². The fourth-order valence-electron chi connectivity index (χ4n) is 3.77. The molecule has 0 spiro atoms. The van der Waals surface area contributed by atoms with E-state index in [9.17, 15) is 5.11 Å². The van der Waals surface area contributed by atoms with Crippen LogP contribution in [0.3, 0.4) is 0 Å². The second-order valence-corrected chi connectivity index (χ2v) is 6.32. The minimum atomic E-state index is -0.521. The highest BCUT2D eigenvalue weighted by atomic mass is 16.3. The summed E-state index contributed by atoms with van der Waals surface area (Å²) in [5.74, 6) is 0. The van der Waals surface area contributed by atoms with E-state index in [1.165, 1.54) is 22.2 Å². The highest BCUT2D eigenvalue weighted by molar-refractivity contribution is 5.85. The summed E-state index contributed by atoms with van der Waals surface area (Å²) in [6, 6.07) is 8.92. The van der Waals surface area contributed by atoms with E-state index >= 15 is 0 Å². The number of nitrogens with one attached hydrogen (secondary N) is 1. The van der Waals surface area contributed by atoms with Gasteiger partial charge >= 0.3 is 0 Å². The Balaban J connectivity index is 1.84. The van der Waals surface area contributed by atoms with Crippen LogP contribution < -0.4 is 0 Å². The van der Waals surface area contributed by atoms with Gasteiger partial charge in [-0.1, -0.05) is 18.2 Å². The molecule has 2 N–H and O–H groups in total. The number of nitrogens with zero attached hydrogens (tertiary/aromatic N) is 1. The summed E-state index contributed by atoms with van der Waals surface area (Å²) in [6.07, 6.45) is 2.85. The third-order valence-electron chi connectivity index (χ3n) is 4.84. The molecular weight excluding hydrogens is 236 g/mol. The SMILES string of the molecule is CC1(O)CCN2CCc3c([nH]c4ccccc34)C2C1. The lowest BCUT2D eigenvalue weighted by molar-refractivity contribution is -0.0380. The van der Waals surface area contributed by atoms with Crippen LogP contribution in [-0.2, 0) is 6.42 Å². The molecule has 1 saturated heterocycles. The van der Waals surface area contributed by atoms with Crippen LogP contribution in [0.4, 0.5) is 0 Å². The number of rotatable bonds is 0. The largest absolute Gasteiger partial charge is 0.390 e. The molecule has 4 rings (SSSR count). The number of hydrogen-bond acceptors (Lipinski definition) is 2. The van der Waals surface area contributed by atoms with Crippen LogP contribution in [-0.4, -0.2) is 33.7 Å². The van der Waals surface area contributed by atoms with Crippen LogP contribution in [0, 0.1) is 0 Å². The summed E-state index contributed by atoms with van der Waals surface area (Å²) in [7, 11) is 0. The average molecular weight is 256 g/mol. The first-order valence-corrected chi connectivity index (χ1v) is 7.20. The molecular formula is C16H20N2O. The molecule has 2 atom stereocenters. The van der Waals surface area contributed by atoms with Crippen molar-refractivity contribution >= 4 is 10.9 Å². The number of para-hydroxylation sites is 1. The number of aromatic nitrogens is 1. The smallest absolute Gasteiger partial charge is 0.0650 e. The summed E-state index contributed by atoms with van der Waals surface area (Å²) < 4.78 is 0. The third kappa shape index (κ3) is 1.72. The minimum Gasteiger partial charge on any atom is -0.390 e. The van der Waals surface area contributed by atoms with Gasteiger partial charge in [-0.05, 0) is 37.8 Å². The lowest BCUT2D eigenvalue weighted by atomic mass is 9.83. The van der Waals surface area contributed by atoms with E-state index in [0.717, 1.165) is 32.4 Å². The third-order valence-corrected chi connectivity index (χ3v) is 4.84. The maximum absolute atomic E-state index is 10.4. The van der Waals surface area contributed by atoms with Crippen LogP contribution >= 0.6 is 0 Å². The van der Waals surface area contributed by atoms with Gasteiger partial charge in [0.25, 0.3) is 0 Å². The molecule has 19 heavy (non-hydrogen) atoms. The van der Waals surface area contributed by atoms with Crippen molar-refractivity contribution < 1.29 is 5.11 Å². The maximum atomic E-state index is 10.4. The predicted octanol–water partition coefficient (Wildman–Crippen LogP) is 2.61. The van der Waals surface area contributed by atoms with Crippen LogP contribution in [0.25, 0.3) is 10.9 Å². The summed E-state index contributed by atoms with van der Waals surface area (Å²) in [5, 5.41) is 11.7. The van der Waals surface area contributed by atoms with E-state index in [-0.39, 0.29) is 0 Å². The lowest BCUT2D eigenvalue weighted by Gasteiger charge is -2.44. The molecule has 0 saturated carbocycles. The Hall–Kier alpha value is -1.32. The number of piperidine rings is 1. The normalized spacial score (nSPS) is 31.2. The van der Waals surface area contributed by atoms with Gasteiger partial charge < -0.3 is 10.1 Å². The predicted molar refractivity (Wildman–Crippen MR) is 76.2 cm³/mol. The zero-order chi connectivity index (χ0) is 13.0. The Labute approximate surface area is 113 Å². The average Bonchev–Trinajstić information content (AvgIpc) is 2.77. The molecule has 100 valence electrons. The first-order chi connectivity index (χ1) is 9.14. The van der Waals surface area contributed by atoms with Crippen LogP contribution in [0.1, 0.15) is 37.1 Å². The molecule has 1 aromatic heterocycles. The number of fused-ring (bicyclic) bond motifs is 5. The minimum absolute atomic E-state index is 0.361. The Morgan fingerprint density at radius 1 is 1.32 bits per heavy atom. The van der Waals surface area contributed by atoms with Crippen molar-refractivity contribution in [2.45, 2.75) is 37.8 Å². The molecule has 2 aliphatic heterocycles. The summed E-state index contributed by atoms with van der Waals surface area (Å²) in [4.78, 5) is 6.12. The number of H-pyrrole nitrogens is 1. The first-order valence-electron chi connectivity index (χ1n) is 7.20. The number of benzene rings is 1. The van der Waals surface area contributed by atoms with Crippen LogP contribution in [0.5, 0.6) is 0 Å². The maximum Gasteiger partial charge on any atom is 0.0650 e. The van der Waals surface area contributed by atoms with E-state index in [1.54, 1.807) is 0 Å². The second-order valence-electron chi connectivity index (χ2n) is 6.32. The van der Waals surface area contributed by atoms with E-state index < -0.39 is 5.60 Å². The van der Waals surface area contributed by atoms with Crippen molar-refractivity contribution in [1.29, 1.82) is 0 Å². The summed E-state index contributed by atoms with van der Waals surface area (Å²) in [6.45, 7) is 4.10. The molecule has 2 aliphatic rings. The number of aliphatic hydroxyl groups is 1. The van der Waals surface area contributed by atoms with Crippen molar-refractivity contribution in [3.8, 4) is 0 Å². The molecule has 3 nitrogen and oxygen atoms in total. The Morgan fingerprint density at radius 2 is 2.16 bits per heavy atom. The van der Waals surface area contributed by atoms with Crippen molar-refractivity contribution in [2.75, 3.05) is 13.1 Å². The molecule has 3 heteroatoms. The van der Waals surface area contributed by atoms with Crippen LogP contribution in [0.2, 0.25) is 0 Å². The van der Waals surface area contributed by atoms with Gasteiger partial charge in [0.15, 0.2) is 0 Å². The lowest BCUT2D eigenvalue weighted by Crippen LogP contribution is -2.47. The molecule has 0 radical (unpaired) electrons. The van der Waals surface area contributed by atoms with E-state index in [0.29, 0.717) is 6.04 Å². The van der Waals surface area contributed by atoms with E-state index in [1.807, 2.05) is 6.92 Å². The second kappa shape index (κ2) is 3.84.